The predicted octanol–water partition coefficient (Wildman–Crippen LogP) is -1.23. The number of methoxy groups -OCH3 is 1. The quantitative estimate of drug-likeness (QED) is 0.682. The number of nitrogens with two attached hydrogens (primary N) is 1. The van der Waals surface area contributed by atoms with Crippen molar-refractivity contribution in [2.75, 3.05) is 45.0 Å². The van der Waals surface area contributed by atoms with E-state index in [1.54, 1.807) is 12.0 Å². The van der Waals surface area contributed by atoms with Crippen molar-refractivity contribution in [2.24, 2.45) is 5.73 Å². The van der Waals surface area contributed by atoms with Crippen LogP contribution in [0, 0.1) is 0 Å². The molecule has 0 aliphatic carbocycles. The van der Waals surface area contributed by atoms with Crippen molar-refractivity contribution in [3.8, 4) is 0 Å². The van der Waals surface area contributed by atoms with Crippen LogP contribution in [-0.4, -0.2) is 75.8 Å². The summed E-state index contributed by atoms with van der Waals surface area (Å²) in [6.07, 6.45) is 0.934. The van der Waals surface area contributed by atoms with Crippen LogP contribution in [0.1, 0.15) is 12.8 Å². The van der Waals surface area contributed by atoms with Gasteiger partial charge in [0.25, 0.3) is 0 Å². The van der Waals surface area contributed by atoms with E-state index in [1.807, 2.05) is 0 Å². The molecule has 2 rings (SSSR count). The molecule has 0 bridgehead atoms. The average molecular weight is 306 g/mol. The van der Waals surface area contributed by atoms with Gasteiger partial charge in [0.2, 0.25) is 5.91 Å². The molecular formula is C12H22N2O5S. The van der Waals surface area contributed by atoms with Gasteiger partial charge in [-0.1, -0.05) is 0 Å². The molecule has 0 spiro atoms. The number of sulfone groups is 1. The number of amides is 1. The number of ether oxygens (including phenoxy) is 2. The van der Waals surface area contributed by atoms with E-state index in [4.69, 9.17) is 15.2 Å². The fourth-order valence-corrected chi connectivity index (χ4v) is 4.43. The van der Waals surface area contributed by atoms with Crippen LogP contribution in [0.4, 0.5) is 0 Å². The van der Waals surface area contributed by atoms with Gasteiger partial charge in [-0.25, -0.2) is 8.42 Å². The largest absolute Gasteiger partial charge is 0.383 e. The van der Waals surface area contributed by atoms with Crippen LogP contribution in [-0.2, 0) is 24.1 Å². The summed E-state index contributed by atoms with van der Waals surface area (Å²) in [5, 5.41) is 0. The van der Waals surface area contributed by atoms with E-state index in [-0.39, 0.29) is 30.1 Å². The van der Waals surface area contributed by atoms with Crippen molar-refractivity contribution >= 4 is 15.7 Å². The normalized spacial score (nSPS) is 32.4. The first kappa shape index (κ1) is 15.7. The third-order valence-corrected chi connectivity index (χ3v) is 5.67. The number of carbonyl (C=O) groups excluding carboxylic acids is 1. The molecule has 2 fully saturated rings. The molecule has 20 heavy (non-hydrogen) atoms. The van der Waals surface area contributed by atoms with Gasteiger partial charge in [-0.2, -0.15) is 0 Å². The van der Waals surface area contributed by atoms with E-state index in [1.165, 1.54) is 0 Å². The van der Waals surface area contributed by atoms with Crippen LogP contribution in [0.25, 0.3) is 0 Å². The van der Waals surface area contributed by atoms with Crippen LogP contribution >= 0.6 is 0 Å². The standard InChI is InChI=1S/C12H22N2O5S/c1-18-6-4-14(10-2-7-20(16,17)8-10)11(15)12(13)3-5-19-9-12/h10H,2-9,13H2,1H3. The molecule has 0 aromatic heterocycles. The number of carbonyl (C=O) groups is 1. The monoisotopic (exact) mass is 306 g/mol. The Hall–Kier alpha value is -0.700. The summed E-state index contributed by atoms with van der Waals surface area (Å²) in [6, 6.07) is -0.302. The zero-order chi connectivity index (χ0) is 14.8. The van der Waals surface area contributed by atoms with Crippen LogP contribution < -0.4 is 5.73 Å². The molecule has 116 valence electrons. The molecule has 0 radical (unpaired) electrons. The SMILES string of the molecule is COCCN(C(=O)C1(N)CCOC1)C1CCS(=O)(=O)C1. The number of hydrogen-bond acceptors (Lipinski definition) is 6. The minimum atomic E-state index is -3.05. The van der Waals surface area contributed by atoms with E-state index >= 15 is 0 Å². The van der Waals surface area contributed by atoms with Gasteiger partial charge < -0.3 is 20.1 Å². The Labute approximate surface area is 119 Å². The van der Waals surface area contributed by atoms with Gasteiger partial charge >= 0.3 is 0 Å². The van der Waals surface area contributed by atoms with Gasteiger partial charge in [-0.15, -0.1) is 0 Å². The van der Waals surface area contributed by atoms with E-state index in [2.05, 4.69) is 0 Å². The van der Waals surface area contributed by atoms with Crippen LogP contribution in [0.5, 0.6) is 0 Å². The predicted molar refractivity (Wildman–Crippen MR) is 73.0 cm³/mol. The first-order chi connectivity index (χ1) is 9.38. The summed E-state index contributed by atoms with van der Waals surface area (Å²) < 4.78 is 33.5. The summed E-state index contributed by atoms with van der Waals surface area (Å²) in [5.74, 6) is -0.0869. The highest BCUT2D eigenvalue weighted by Crippen LogP contribution is 2.24. The van der Waals surface area contributed by atoms with Gasteiger partial charge in [0, 0.05) is 26.3 Å². The first-order valence-corrected chi connectivity index (χ1v) is 8.57. The summed E-state index contributed by atoms with van der Waals surface area (Å²) >= 11 is 0. The van der Waals surface area contributed by atoms with Crippen molar-refractivity contribution in [2.45, 2.75) is 24.4 Å². The molecule has 2 saturated heterocycles. The summed E-state index contributed by atoms with van der Waals surface area (Å²) in [6.45, 7) is 1.37. The number of hydrogen-bond donors (Lipinski definition) is 1. The van der Waals surface area contributed by atoms with Crippen LogP contribution in [0.15, 0.2) is 0 Å². The minimum absolute atomic E-state index is 0.0133. The Bertz CT molecular complexity index is 458. The topological polar surface area (TPSA) is 98.9 Å². The maximum absolute atomic E-state index is 12.6. The smallest absolute Gasteiger partial charge is 0.245 e. The zero-order valence-electron chi connectivity index (χ0n) is 11.7. The lowest BCUT2D eigenvalue weighted by Crippen LogP contribution is -2.59. The van der Waals surface area contributed by atoms with E-state index in [9.17, 15) is 13.2 Å². The maximum Gasteiger partial charge on any atom is 0.245 e. The average Bonchev–Trinajstić information content (AvgIpc) is 2.97. The fourth-order valence-electron chi connectivity index (χ4n) is 2.70. The van der Waals surface area contributed by atoms with Crippen LogP contribution in [0.2, 0.25) is 0 Å². The number of nitrogens with zero attached hydrogens (tertiary/aromatic N) is 1. The van der Waals surface area contributed by atoms with Crippen molar-refractivity contribution in [1.29, 1.82) is 0 Å². The molecule has 2 N–H and O–H groups in total. The van der Waals surface area contributed by atoms with E-state index < -0.39 is 15.4 Å². The Kier molecular flexibility index (Phi) is 4.68. The summed E-state index contributed by atoms with van der Waals surface area (Å²) in [4.78, 5) is 14.2. The molecule has 0 saturated carbocycles. The molecule has 0 aromatic carbocycles. The highest BCUT2D eigenvalue weighted by atomic mass is 32.2. The summed E-state index contributed by atoms with van der Waals surface area (Å²) in [5.41, 5.74) is 5.08. The zero-order valence-corrected chi connectivity index (χ0v) is 12.5. The van der Waals surface area contributed by atoms with Crippen LogP contribution in [0.3, 0.4) is 0 Å². The highest BCUT2D eigenvalue weighted by molar-refractivity contribution is 7.91. The Morgan fingerprint density at radius 3 is 2.80 bits per heavy atom. The van der Waals surface area contributed by atoms with Gasteiger partial charge in [0.15, 0.2) is 9.84 Å². The van der Waals surface area contributed by atoms with Gasteiger partial charge in [0.05, 0.1) is 24.7 Å². The molecule has 2 atom stereocenters. The molecule has 2 aliphatic heterocycles. The second-order valence-corrected chi connectivity index (χ2v) is 7.74. The Morgan fingerprint density at radius 2 is 2.30 bits per heavy atom. The van der Waals surface area contributed by atoms with Gasteiger partial charge in [-0.3, -0.25) is 4.79 Å². The number of rotatable bonds is 5. The fraction of sp³-hybridized carbons (Fsp3) is 0.917. The lowest BCUT2D eigenvalue weighted by atomic mass is 9.97. The van der Waals surface area contributed by atoms with E-state index in [0.29, 0.717) is 32.6 Å². The van der Waals surface area contributed by atoms with E-state index in [0.717, 1.165) is 0 Å². The first-order valence-electron chi connectivity index (χ1n) is 6.75. The molecule has 1 amide bonds. The molecule has 7 nitrogen and oxygen atoms in total. The third-order valence-electron chi connectivity index (χ3n) is 3.92. The minimum Gasteiger partial charge on any atom is -0.383 e. The molecule has 8 heteroatoms. The third kappa shape index (κ3) is 3.30. The second kappa shape index (κ2) is 5.97. The van der Waals surface area contributed by atoms with Crippen molar-refractivity contribution in [3.63, 3.8) is 0 Å². The molecular weight excluding hydrogens is 284 g/mol. The van der Waals surface area contributed by atoms with Gasteiger partial charge in [-0.05, 0) is 12.8 Å². The molecule has 2 unspecified atom stereocenters. The molecule has 0 aromatic rings. The lowest BCUT2D eigenvalue weighted by Gasteiger charge is -2.34. The van der Waals surface area contributed by atoms with Crippen molar-refractivity contribution < 1.29 is 22.7 Å². The summed E-state index contributed by atoms with van der Waals surface area (Å²) in [7, 11) is -1.50. The highest BCUT2D eigenvalue weighted by Gasteiger charge is 2.44. The molecule has 2 heterocycles. The second-order valence-electron chi connectivity index (χ2n) is 5.51. The maximum atomic E-state index is 12.6. The lowest BCUT2D eigenvalue weighted by molar-refractivity contribution is -0.139. The van der Waals surface area contributed by atoms with Crippen molar-refractivity contribution in [3.05, 3.63) is 0 Å². The van der Waals surface area contributed by atoms with Crippen molar-refractivity contribution in [1.82, 2.24) is 4.90 Å². The van der Waals surface area contributed by atoms with Gasteiger partial charge in [0.1, 0.15) is 5.54 Å². The Balaban J connectivity index is 2.13. The Morgan fingerprint density at radius 1 is 1.55 bits per heavy atom. The molecule has 2 aliphatic rings.